The molecule has 98 valence electrons. The van der Waals surface area contributed by atoms with E-state index in [1.165, 1.54) is 6.42 Å². The Labute approximate surface area is 121 Å². The summed E-state index contributed by atoms with van der Waals surface area (Å²) < 4.78 is -0.271. The highest BCUT2D eigenvalue weighted by Gasteiger charge is 2.36. The lowest BCUT2D eigenvalue weighted by molar-refractivity contribution is -0.137. The number of hydroxylamine groups is 1. The van der Waals surface area contributed by atoms with E-state index in [9.17, 15) is 4.79 Å². The average molecular weight is 359 g/mol. The highest BCUT2D eigenvalue weighted by atomic mass is 127. The van der Waals surface area contributed by atoms with Crippen molar-refractivity contribution in [2.75, 3.05) is 0 Å². The topological polar surface area (TPSA) is 38.3 Å². The lowest BCUT2D eigenvalue weighted by Crippen LogP contribution is -2.43. The van der Waals surface area contributed by atoms with Crippen LogP contribution in [0.25, 0.3) is 0 Å². The van der Waals surface area contributed by atoms with Gasteiger partial charge >= 0.3 is 0 Å². The van der Waals surface area contributed by atoms with E-state index in [1.54, 1.807) is 0 Å². The molecule has 4 heteroatoms. The fraction of sp³-hybridized carbons (Fsp3) is 0.500. The van der Waals surface area contributed by atoms with Gasteiger partial charge in [-0.2, -0.15) is 0 Å². The average Bonchev–Trinajstić information content (AvgIpc) is 2.41. The van der Waals surface area contributed by atoms with Gasteiger partial charge in [-0.1, -0.05) is 72.2 Å². The first-order chi connectivity index (χ1) is 8.71. The number of amides is 1. The number of hydrogen-bond donors (Lipinski definition) is 1. The summed E-state index contributed by atoms with van der Waals surface area (Å²) in [5, 5.41) is 0. The minimum absolute atomic E-state index is 0.0127. The van der Waals surface area contributed by atoms with Gasteiger partial charge in [0.2, 0.25) is 0 Å². The first-order valence-corrected chi connectivity index (χ1v) is 7.44. The zero-order chi connectivity index (χ0) is 12.8. The summed E-state index contributed by atoms with van der Waals surface area (Å²) in [6.07, 6.45) is 5.41. The van der Waals surface area contributed by atoms with Crippen LogP contribution >= 0.6 is 22.6 Å². The molecular formula is C14H18INO2. The Bertz CT molecular complexity index is 388. The lowest BCUT2D eigenvalue weighted by Gasteiger charge is -2.29. The second-order valence-electron chi connectivity index (χ2n) is 4.73. The van der Waals surface area contributed by atoms with Crippen LogP contribution in [0.1, 0.15) is 37.7 Å². The van der Waals surface area contributed by atoms with Crippen molar-refractivity contribution in [1.82, 2.24) is 5.48 Å². The number of carbonyl (C=O) groups excluding carboxylic acids is 1. The number of nitrogens with one attached hydrogen (secondary N) is 1. The minimum atomic E-state index is -0.271. The minimum Gasteiger partial charge on any atom is -0.271 e. The molecule has 2 rings (SSSR count). The van der Waals surface area contributed by atoms with Gasteiger partial charge in [0.15, 0.2) is 0 Å². The van der Waals surface area contributed by atoms with Crippen molar-refractivity contribution in [2.45, 2.75) is 42.1 Å². The largest absolute Gasteiger partial charge is 0.271 e. The fourth-order valence-electron chi connectivity index (χ4n) is 2.19. The zero-order valence-corrected chi connectivity index (χ0v) is 12.5. The maximum absolute atomic E-state index is 12.1. The molecule has 0 aromatic heterocycles. The maximum Gasteiger partial charge on any atom is 0.259 e. The Hall–Kier alpha value is -0.620. The van der Waals surface area contributed by atoms with Gasteiger partial charge in [-0.3, -0.25) is 9.63 Å². The van der Waals surface area contributed by atoms with E-state index < -0.39 is 0 Å². The third-order valence-electron chi connectivity index (χ3n) is 3.30. The van der Waals surface area contributed by atoms with Crippen LogP contribution in [0.15, 0.2) is 30.3 Å². The van der Waals surface area contributed by atoms with Gasteiger partial charge in [-0.25, -0.2) is 5.48 Å². The molecule has 1 aromatic rings. The van der Waals surface area contributed by atoms with Crippen molar-refractivity contribution in [2.24, 2.45) is 0 Å². The number of halogens is 1. The smallest absolute Gasteiger partial charge is 0.259 e. The zero-order valence-electron chi connectivity index (χ0n) is 10.3. The van der Waals surface area contributed by atoms with E-state index in [0.717, 1.165) is 31.2 Å². The van der Waals surface area contributed by atoms with E-state index in [4.69, 9.17) is 4.84 Å². The molecule has 0 radical (unpaired) electrons. The van der Waals surface area contributed by atoms with Crippen LogP contribution in [0.2, 0.25) is 0 Å². The fourth-order valence-corrected chi connectivity index (χ4v) is 3.06. The van der Waals surface area contributed by atoms with Crippen LogP contribution in [0.3, 0.4) is 0 Å². The summed E-state index contributed by atoms with van der Waals surface area (Å²) in [5.74, 6) is 0.0127. The van der Waals surface area contributed by atoms with Crippen LogP contribution in [-0.2, 0) is 16.2 Å². The predicted molar refractivity (Wildman–Crippen MR) is 79.2 cm³/mol. The molecule has 0 aliphatic heterocycles. The van der Waals surface area contributed by atoms with E-state index in [1.807, 2.05) is 30.3 Å². The number of benzene rings is 1. The second-order valence-corrected chi connectivity index (χ2v) is 6.80. The van der Waals surface area contributed by atoms with E-state index >= 15 is 0 Å². The molecular weight excluding hydrogens is 341 g/mol. The molecule has 0 saturated heterocycles. The van der Waals surface area contributed by atoms with Gasteiger partial charge in [-0.05, 0) is 18.4 Å². The van der Waals surface area contributed by atoms with E-state index in [0.29, 0.717) is 6.61 Å². The van der Waals surface area contributed by atoms with Gasteiger partial charge in [0.05, 0.1) is 6.61 Å². The third-order valence-corrected chi connectivity index (χ3v) is 4.87. The predicted octanol–water partition coefficient (Wildman–Crippen LogP) is 3.37. The summed E-state index contributed by atoms with van der Waals surface area (Å²) in [4.78, 5) is 17.4. The van der Waals surface area contributed by atoms with Crippen molar-refractivity contribution >= 4 is 28.5 Å². The van der Waals surface area contributed by atoms with E-state index in [2.05, 4.69) is 28.1 Å². The number of alkyl halides is 1. The number of carbonyl (C=O) groups is 1. The Morgan fingerprint density at radius 3 is 2.56 bits per heavy atom. The summed E-state index contributed by atoms with van der Waals surface area (Å²) >= 11 is 2.28. The first kappa shape index (κ1) is 13.8. The molecule has 0 spiro atoms. The van der Waals surface area contributed by atoms with Crippen molar-refractivity contribution in [3.63, 3.8) is 0 Å². The van der Waals surface area contributed by atoms with Crippen molar-refractivity contribution < 1.29 is 9.63 Å². The van der Waals surface area contributed by atoms with Gasteiger partial charge in [0, 0.05) is 0 Å². The molecule has 1 saturated carbocycles. The van der Waals surface area contributed by atoms with Crippen LogP contribution in [0.4, 0.5) is 0 Å². The van der Waals surface area contributed by atoms with Gasteiger partial charge in [0.1, 0.15) is 3.42 Å². The van der Waals surface area contributed by atoms with Crippen LogP contribution in [0, 0.1) is 0 Å². The molecule has 3 nitrogen and oxygen atoms in total. The molecule has 1 aliphatic carbocycles. The highest BCUT2D eigenvalue weighted by Crippen LogP contribution is 2.36. The number of rotatable bonds is 4. The second kappa shape index (κ2) is 6.52. The number of hydrogen-bond acceptors (Lipinski definition) is 2. The SMILES string of the molecule is O=C(NOCc1ccccc1)C1(I)CCCCC1. The summed E-state index contributed by atoms with van der Waals surface area (Å²) in [6.45, 7) is 0.416. The molecule has 0 atom stereocenters. The highest BCUT2D eigenvalue weighted by molar-refractivity contribution is 14.1. The Morgan fingerprint density at radius 1 is 1.22 bits per heavy atom. The van der Waals surface area contributed by atoms with E-state index in [-0.39, 0.29) is 9.33 Å². The molecule has 0 heterocycles. The monoisotopic (exact) mass is 359 g/mol. The van der Waals surface area contributed by atoms with Crippen molar-refractivity contribution in [3.05, 3.63) is 35.9 Å². The Kier molecular flexibility index (Phi) is 5.00. The summed E-state index contributed by atoms with van der Waals surface area (Å²) in [6, 6.07) is 9.84. The van der Waals surface area contributed by atoms with Gasteiger partial charge in [0.25, 0.3) is 5.91 Å². The molecule has 1 aliphatic rings. The molecule has 1 amide bonds. The molecule has 18 heavy (non-hydrogen) atoms. The van der Waals surface area contributed by atoms with Gasteiger partial charge < -0.3 is 0 Å². The van der Waals surface area contributed by atoms with Crippen LogP contribution in [-0.4, -0.2) is 9.33 Å². The van der Waals surface area contributed by atoms with Crippen molar-refractivity contribution in [1.29, 1.82) is 0 Å². The molecule has 0 unspecified atom stereocenters. The van der Waals surface area contributed by atoms with Crippen LogP contribution in [0.5, 0.6) is 0 Å². The normalized spacial score (nSPS) is 18.3. The quantitative estimate of drug-likeness (QED) is 0.509. The standard InChI is InChI=1S/C14H18INO2/c15-14(9-5-2-6-10-14)13(17)16-18-11-12-7-3-1-4-8-12/h1,3-4,7-8H,2,5-6,9-11H2,(H,16,17). The third kappa shape index (κ3) is 3.68. The Morgan fingerprint density at radius 2 is 1.89 bits per heavy atom. The lowest BCUT2D eigenvalue weighted by atomic mass is 9.89. The molecule has 1 aromatic carbocycles. The van der Waals surface area contributed by atoms with Gasteiger partial charge in [-0.15, -0.1) is 0 Å². The molecule has 0 bridgehead atoms. The van der Waals surface area contributed by atoms with Crippen LogP contribution < -0.4 is 5.48 Å². The first-order valence-electron chi connectivity index (χ1n) is 6.36. The van der Waals surface area contributed by atoms with Crippen molar-refractivity contribution in [3.8, 4) is 0 Å². The summed E-state index contributed by atoms with van der Waals surface area (Å²) in [5.41, 5.74) is 3.65. The molecule has 1 fully saturated rings. The maximum atomic E-state index is 12.1. The summed E-state index contributed by atoms with van der Waals surface area (Å²) in [7, 11) is 0. The molecule has 1 N–H and O–H groups in total. The Balaban J connectivity index is 1.78.